The van der Waals surface area contributed by atoms with Crippen molar-refractivity contribution in [3.63, 3.8) is 0 Å². The van der Waals surface area contributed by atoms with Crippen LogP contribution < -0.4 is 10.6 Å². The quantitative estimate of drug-likeness (QED) is 0.0621. The van der Waals surface area contributed by atoms with E-state index >= 15 is 0 Å². The minimum Gasteiger partial charge on any atom is -0.444 e. The molecule has 7 fully saturated rings. The van der Waals surface area contributed by atoms with Crippen LogP contribution in [0.25, 0.3) is 0 Å². The largest absolute Gasteiger partial charge is 0.444 e. The van der Waals surface area contributed by atoms with E-state index < -0.39 is 38.1 Å². The van der Waals surface area contributed by atoms with E-state index in [9.17, 15) is 37.2 Å². The first-order valence-electron chi connectivity index (χ1n) is 40.7. The van der Waals surface area contributed by atoms with Gasteiger partial charge in [-0.15, -0.1) is 0 Å². The Hall–Kier alpha value is -5.60. The second kappa shape index (κ2) is 52.7. The van der Waals surface area contributed by atoms with E-state index in [2.05, 4.69) is 68.0 Å². The predicted molar refractivity (Wildman–Crippen MR) is 432 cm³/mol. The fourth-order valence-corrected chi connectivity index (χ4v) is 13.2. The van der Waals surface area contributed by atoms with Crippen LogP contribution >= 0.6 is 0 Å². The number of aliphatic hydroxyl groups excluding tert-OH is 1. The van der Waals surface area contributed by atoms with Gasteiger partial charge in [0.05, 0.1) is 17.6 Å². The fraction of sp³-hybridized carbons (Fsp3) is 0.841. The van der Waals surface area contributed by atoms with Gasteiger partial charge in [0, 0.05) is 110 Å². The molecule has 7 heterocycles. The number of nitrogens with one attached hydrogen (secondary N) is 2. The molecule has 6 atom stereocenters. The Labute approximate surface area is 659 Å². The first kappa shape index (κ1) is 101. The summed E-state index contributed by atoms with van der Waals surface area (Å²) in [6.07, 6.45) is 11.7. The van der Waals surface area contributed by atoms with E-state index in [4.69, 9.17) is 43.0 Å². The van der Waals surface area contributed by atoms with Crippen LogP contribution in [0, 0.1) is 53.8 Å². The Bertz CT molecular complexity index is 2820. The van der Waals surface area contributed by atoms with Crippen molar-refractivity contribution in [2.75, 3.05) is 157 Å². The maximum absolute atomic E-state index is 12.2. The molecule has 7 saturated heterocycles. The molecule has 0 aromatic heterocycles. The number of nitriles is 1. The predicted octanol–water partition coefficient (Wildman–Crippen LogP) is 13.9. The lowest BCUT2D eigenvalue weighted by molar-refractivity contribution is -0.108. The van der Waals surface area contributed by atoms with Crippen molar-refractivity contribution < 1.29 is 74.9 Å². The van der Waals surface area contributed by atoms with Crippen molar-refractivity contribution in [2.24, 2.45) is 35.5 Å². The van der Waals surface area contributed by atoms with Gasteiger partial charge in [0.2, 0.25) is 0 Å². The molecule has 1 aromatic rings. The highest BCUT2D eigenvalue weighted by Crippen LogP contribution is 2.27. The molecule has 7 aliphatic rings. The molecule has 8 rings (SSSR count). The minimum atomic E-state index is -3.77. The molecule has 0 bridgehead atoms. The molecule has 7 aliphatic heterocycles. The number of hydrogen-bond donors (Lipinski definition) is 3. The molecule has 0 unspecified atom stereocenters. The zero-order valence-electron chi connectivity index (χ0n) is 71.9. The summed E-state index contributed by atoms with van der Waals surface area (Å²) in [5, 5.41) is 24.0. The number of benzene rings is 1. The normalized spacial score (nSPS) is 20.5. The summed E-state index contributed by atoms with van der Waals surface area (Å²) in [5.74, 6) is 2.43. The molecular weight excluding hydrogens is 1410 g/mol. The molecule has 109 heavy (non-hydrogen) atoms. The van der Waals surface area contributed by atoms with Crippen molar-refractivity contribution in [3.8, 4) is 6.07 Å². The number of likely N-dealkylation sites (tertiary alicyclic amines) is 5. The van der Waals surface area contributed by atoms with Crippen molar-refractivity contribution in [3.05, 3.63) is 29.8 Å². The summed E-state index contributed by atoms with van der Waals surface area (Å²) in [7, 11) is -3.77. The molecule has 1 aromatic carbocycles. The summed E-state index contributed by atoms with van der Waals surface area (Å²) in [5.41, 5.74) is -1.27. The summed E-state index contributed by atoms with van der Waals surface area (Å²) in [6.45, 7) is 63.5. The smallest absolute Gasteiger partial charge is 0.410 e. The van der Waals surface area contributed by atoms with Crippen LogP contribution in [0.1, 0.15) is 228 Å². The van der Waals surface area contributed by atoms with Crippen molar-refractivity contribution in [1.29, 1.82) is 5.26 Å². The van der Waals surface area contributed by atoms with Crippen LogP contribution in [-0.4, -0.2) is 270 Å². The lowest BCUT2D eigenvalue weighted by Gasteiger charge is -2.24. The molecule has 27 heteroatoms. The third-order valence-electron chi connectivity index (χ3n) is 18.5. The van der Waals surface area contributed by atoms with Crippen molar-refractivity contribution >= 4 is 46.9 Å². The number of hydrogen-bond acceptors (Lipinski definition) is 21. The van der Waals surface area contributed by atoms with E-state index in [0.717, 1.165) is 102 Å². The van der Waals surface area contributed by atoms with Crippen LogP contribution in [-0.2, 0) is 47.5 Å². The number of aldehydes is 1. The lowest BCUT2D eigenvalue weighted by atomic mass is 10.0. The van der Waals surface area contributed by atoms with Gasteiger partial charge in [0.25, 0.3) is 10.1 Å². The van der Waals surface area contributed by atoms with Gasteiger partial charge in [-0.2, -0.15) is 13.7 Å². The topological polar surface area (TPSA) is 292 Å². The van der Waals surface area contributed by atoms with E-state index in [1.807, 2.05) is 116 Å². The first-order valence-corrected chi connectivity index (χ1v) is 42.1. The summed E-state index contributed by atoms with van der Waals surface area (Å²) in [4.78, 5) is 82.7. The number of aryl methyl sites for hydroxylation is 1. The zero-order valence-corrected chi connectivity index (χ0v) is 72.7. The Morgan fingerprint density at radius 2 is 0.890 bits per heavy atom. The highest BCUT2D eigenvalue weighted by molar-refractivity contribution is 7.86. The lowest BCUT2D eigenvalue weighted by Crippen LogP contribution is -2.35. The molecular formula is C82H152N10O16S. The van der Waals surface area contributed by atoms with Crippen LogP contribution in [0.3, 0.4) is 0 Å². The third kappa shape index (κ3) is 48.2. The van der Waals surface area contributed by atoms with Crippen LogP contribution in [0.5, 0.6) is 0 Å². The fourth-order valence-electron chi connectivity index (χ4n) is 12.3. The van der Waals surface area contributed by atoms with Gasteiger partial charge in [-0.1, -0.05) is 59.2 Å². The van der Waals surface area contributed by atoms with Gasteiger partial charge in [-0.3, -0.25) is 4.18 Å². The first-order chi connectivity index (χ1) is 51.0. The Morgan fingerprint density at radius 3 is 1.21 bits per heavy atom. The molecule has 26 nitrogen and oxygen atoms in total. The van der Waals surface area contributed by atoms with Gasteiger partial charge in [-0.25, -0.2) is 24.0 Å². The monoisotopic (exact) mass is 1570 g/mol. The van der Waals surface area contributed by atoms with E-state index in [-0.39, 0.29) is 60.4 Å². The number of carbonyl (C=O) groups excluding carboxylic acids is 6. The molecule has 632 valence electrons. The maximum atomic E-state index is 12.2. The molecule has 5 amide bonds. The zero-order chi connectivity index (χ0) is 82.6. The molecule has 0 spiro atoms. The van der Waals surface area contributed by atoms with Crippen molar-refractivity contribution in [1.82, 2.24) is 44.9 Å². The third-order valence-corrected chi connectivity index (χ3v) is 19.8. The Balaban J connectivity index is 0.000000644. The van der Waals surface area contributed by atoms with Gasteiger partial charge >= 0.3 is 30.5 Å². The van der Waals surface area contributed by atoms with Crippen molar-refractivity contribution in [2.45, 2.75) is 262 Å². The molecule has 0 saturated carbocycles. The average Bonchev–Trinajstić information content (AvgIpc) is 1.62. The summed E-state index contributed by atoms with van der Waals surface area (Å²) >= 11 is 0. The standard InChI is InChI=1S/C17H25NO5S.C15H30N2O2.C11H18N2O2.C11H19NO3.C10H22N2.C10H19NO3.C4H11N.C4H8O/c1-13-5-7-15(8-6-13)24(20,21)22-12-14-9-10-18(11-14)16(19)23-17(2,3)4;1-6-16(7-2)10-8-13-9-11-17(12-13)14(18)19-15(3,4)5;1-11(2,3)15-10(14)13-7-5-9(8-13)4-6-12;1-11(2,3)15-10(14)12-6-4-9(8-12)5-7-13;1-3-12(4-2)8-6-10-5-7-11-9-10;1-10(2,3)14-9(13)11-5-4-8(6-11)7-12;1-3-5-4-2;1-2-4-5-3-1/h5-8,14H,9-12H2,1-4H3;13H,6-12H2,1-5H3;9H,4-5,7-8H2,1-3H3;7,9H,4-6,8H2,1-3H3;10-11H,3-9H2,1-2H3;8,12H,4-7H2,1-3H3;5H,3-4H2,1-2H3;1-4H2/t14-;13-;2*9-;10-;8-;;/m000110../s1. The average molecular weight is 1570 g/mol. The second-order valence-corrected chi connectivity index (χ2v) is 35.8. The number of ether oxygens (including phenoxy) is 6. The molecule has 0 radical (unpaired) electrons. The SMILES string of the molecule is C1CCOC1.CC(C)(C)OC(=O)N1CC[C@H](CC#N)C1.CC(C)(C)OC(=O)N1CC[C@H](CC=O)C1.CC(C)(C)OC(=O)N1CC[C@H](CO)C1.CCN(CC)CC[C@H]1CCN(C(=O)OC(C)(C)C)C1.CCN(CC)CC[C@H]1CCNC1.CCNCC.Cc1ccc(S(=O)(=O)OC[C@H]2CCN(C(=O)OC(C)(C)C)C2)cc1. The highest BCUT2D eigenvalue weighted by atomic mass is 32.2. The number of aliphatic hydroxyl groups is 1. The number of carbonyl (C=O) groups is 6. The van der Waals surface area contributed by atoms with Crippen LogP contribution in [0.4, 0.5) is 24.0 Å². The number of rotatable bonds is 20. The molecule has 0 aliphatic carbocycles. The van der Waals surface area contributed by atoms with Gasteiger partial charge in [-0.05, 0) is 276 Å². The summed E-state index contributed by atoms with van der Waals surface area (Å²) < 4.78 is 60.9. The maximum Gasteiger partial charge on any atom is 0.410 e. The van der Waals surface area contributed by atoms with Gasteiger partial charge in [0.15, 0.2) is 0 Å². The summed E-state index contributed by atoms with van der Waals surface area (Å²) in [6, 6.07) is 8.67. The van der Waals surface area contributed by atoms with Gasteiger partial charge in [0.1, 0.15) is 34.3 Å². The van der Waals surface area contributed by atoms with Crippen LogP contribution in [0.2, 0.25) is 0 Å². The second-order valence-electron chi connectivity index (χ2n) is 34.2. The Kier molecular flexibility index (Phi) is 49.0. The number of nitrogens with zero attached hydrogens (tertiary/aromatic N) is 8. The van der Waals surface area contributed by atoms with E-state index in [0.29, 0.717) is 89.4 Å². The molecule has 3 N–H and O–H groups in total. The van der Waals surface area contributed by atoms with Gasteiger partial charge < -0.3 is 83.3 Å². The van der Waals surface area contributed by atoms with E-state index in [1.54, 1.807) is 31.7 Å². The Morgan fingerprint density at radius 1 is 0.541 bits per heavy atom. The number of amides is 5. The minimum absolute atomic E-state index is 0.0160. The van der Waals surface area contributed by atoms with Crippen LogP contribution in [0.15, 0.2) is 29.2 Å². The van der Waals surface area contributed by atoms with E-state index in [1.165, 1.54) is 77.0 Å². The highest BCUT2D eigenvalue weighted by Gasteiger charge is 2.35.